The maximum atomic E-state index is 12.3. The van der Waals surface area contributed by atoms with E-state index in [4.69, 9.17) is 0 Å². The Kier molecular flexibility index (Phi) is 6.02. The molecule has 0 atom stereocenters. The van der Waals surface area contributed by atoms with Crippen molar-refractivity contribution in [2.24, 2.45) is 0 Å². The molecule has 162 valence electrons. The quantitative estimate of drug-likeness (QED) is 0.363. The number of hydrogen-bond donors (Lipinski definition) is 3. The zero-order valence-electron chi connectivity index (χ0n) is 17.3. The van der Waals surface area contributed by atoms with Crippen molar-refractivity contribution in [3.63, 3.8) is 0 Å². The van der Waals surface area contributed by atoms with E-state index < -0.39 is 17.7 Å². The predicted octanol–water partition coefficient (Wildman–Crippen LogP) is 1.75. The third kappa shape index (κ3) is 4.69. The highest BCUT2D eigenvalue weighted by Gasteiger charge is 2.36. The van der Waals surface area contributed by atoms with Gasteiger partial charge in [-0.05, 0) is 31.2 Å². The van der Waals surface area contributed by atoms with Gasteiger partial charge in [0.15, 0.2) is 0 Å². The van der Waals surface area contributed by atoms with Gasteiger partial charge in [0.1, 0.15) is 29.8 Å². The van der Waals surface area contributed by atoms with Crippen LogP contribution in [0.4, 0.5) is 17.5 Å². The number of nitrogens with one attached hydrogen (secondary N) is 3. The Labute approximate surface area is 184 Å². The number of aromatic nitrogens is 3. The smallest absolute Gasteiger partial charge is 0.262 e. The lowest BCUT2D eigenvalue weighted by molar-refractivity contribution is -0.121. The molecule has 2 aromatic heterocycles. The van der Waals surface area contributed by atoms with Gasteiger partial charge in [-0.1, -0.05) is 18.2 Å². The minimum atomic E-state index is -0.455. The lowest BCUT2D eigenvalue weighted by atomic mass is 10.1. The van der Waals surface area contributed by atoms with Crippen molar-refractivity contribution >= 4 is 35.2 Å². The number of benzene rings is 1. The molecular weight excluding hydrogens is 410 g/mol. The molecule has 0 bridgehead atoms. The van der Waals surface area contributed by atoms with Crippen molar-refractivity contribution in [2.45, 2.75) is 6.92 Å². The third-order valence-electron chi connectivity index (χ3n) is 4.69. The van der Waals surface area contributed by atoms with Crippen LogP contribution in [0.2, 0.25) is 0 Å². The van der Waals surface area contributed by atoms with Gasteiger partial charge < -0.3 is 16.0 Å². The molecular formula is C22H21N7O3. The largest absolute Gasteiger partial charge is 0.368 e. The number of rotatable bonds is 8. The van der Waals surface area contributed by atoms with Crippen LogP contribution in [0.15, 0.2) is 54.7 Å². The van der Waals surface area contributed by atoms with E-state index in [2.05, 4.69) is 30.9 Å². The van der Waals surface area contributed by atoms with E-state index in [1.165, 1.54) is 0 Å². The van der Waals surface area contributed by atoms with E-state index in [0.717, 1.165) is 4.90 Å². The molecule has 1 aliphatic rings. The highest BCUT2D eigenvalue weighted by molar-refractivity contribution is 6.22. The highest BCUT2D eigenvalue weighted by Crippen LogP contribution is 2.21. The summed E-state index contributed by atoms with van der Waals surface area (Å²) in [5, 5.41) is 8.93. The maximum absolute atomic E-state index is 12.3. The zero-order valence-corrected chi connectivity index (χ0v) is 17.3. The first-order chi connectivity index (χ1) is 15.5. The van der Waals surface area contributed by atoms with Gasteiger partial charge in [0.25, 0.3) is 11.8 Å². The minimum absolute atomic E-state index is 0.286. The van der Waals surface area contributed by atoms with Gasteiger partial charge in [0.2, 0.25) is 5.91 Å². The van der Waals surface area contributed by atoms with Crippen molar-refractivity contribution in [1.29, 1.82) is 0 Å². The molecule has 3 heterocycles. The second-order valence-electron chi connectivity index (χ2n) is 7.04. The summed E-state index contributed by atoms with van der Waals surface area (Å²) in [5.74, 6) is 1.09. The fourth-order valence-electron chi connectivity index (χ4n) is 3.26. The molecule has 3 amide bonds. The fraction of sp³-hybridized carbons (Fsp3) is 0.182. The summed E-state index contributed by atoms with van der Waals surface area (Å²) in [4.78, 5) is 50.7. The van der Waals surface area contributed by atoms with Crippen LogP contribution in [0.5, 0.6) is 0 Å². The monoisotopic (exact) mass is 431 g/mol. The zero-order chi connectivity index (χ0) is 22.5. The maximum Gasteiger partial charge on any atom is 0.262 e. The van der Waals surface area contributed by atoms with Crippen molar-refractivity contribution in [2.75, 3.05) is 30.3 Å². The molecule has 0 saturated carbocycles. The molecule has 0 saturated heterocycles. The molecule has 0 radical (unpaired) electrons. The Morgan fingerprint density at radius 1 is 0.906 bits per heavy atom. The first-order valence-electron chi connectivity index (χ1n) is 10.0. The molecule has 32 heavy (non-hydrogen) atoms. The van der Waals surface area contributed by atoms with E-state index in [-0.39, 0.29) is 13.1 Å². The lowest BCUT2D eigenvalue weighted by Gasteiger charge is -2.14. The third-order valence-corrected chi connectivity index (χ3v) is 4.69. The van der Waals surface area contributed by atoms with Crippen LogP contribution in [0.3, 0.4) is 0 Å². The summed E-state index contributed by atoms with van der Waals surface area (Å²) in [7, 11) is 0. The molecule has 0 aliphatic carbocycles. The van der Waals surface area contributed by atoms with Crippen LogP contribution in [-0.2, 0) is 4.79 Å². The topological polar surface area (TPSA) is 129 Å². The van der Waals surface area contributed by atoms with Gasteiger partial charge in [0, 0.05) is 25.4 Å². The van der Waals surface area contributed by atoms with Crippen LogP contribution < -0.4 is 16.0 Å². The highest BCUT2D eigenvalue weighted by atomic mass is 16.2. The Morgan fingerprint density at radius 3 is 2.28 bits per heavy atom. The van der Waals surface area contributed by atoms with Crippen LogP contribution in [-0.4, -0.2) is 57.2 Å². The summed E-state index contributed by atoms with van der Waals surface area (Å²) >= 11 is 0. The van der Waals surface area contributed by atoms with Gasteiger partial charge in [0.05, 0.1) is 11.1 Å². The van der Waals surface area contributed by atoms with Crippen LogP contribution in [0.25, 0.3) is 0 Å². The molecule has 1 aromatic carbocycles. The molecule has 0 spiro atoms. The molecule has 10 heteroatoms. The number of amides is 3. The Morgan fingerprint density at radius 2 is 1.59 bits per heavy atom. The van der Waals surface area contributed by atoms with Gasteiger partial charge in [-0.2, -0.15) is 0 Å². The summed E-state index contributed by atoms with van der Waals surface area (Å²) < 4.78 is 0. The predicted molar refractivity (Wildman–Crippen MR) is 118 cm³/mol. The van der Waals surface area contributed by atoms with Gasteiger partial charge in [-0.25, -0.2) is 15.0 Å². The van der Waals surface area contributed by atoms with Crippen LogP contribution in [0.1, 0.15) is 26.5 Å². The Bertz CT molecular complexity index is 1130. The number of hydrogen-bond acceptors (Lipinski definition) is 8. The summed E-state index contributed by atoms with van der Waals surface area (Å²) in [6, 6.07) is 13.8. The standard InChI is InChI=1S/C22H21N7O3/c1-14-26-18(12-19(27-14)28-17-8-4-5-9-23-17)24-10-11-25-20(30)13-29-21(31)15-6-2-3-7-16(15)22(29)32/h2-9,12H,10-11,13H2,1H3,(H,25,30)(H2,23,24,26,27,28). The molecule has 3 aromatic rings. The summed E-state index contributed by atoms with van der Waals surface area (Å²) in [6.07, 6.45) is 1.68. The Hall–Kier alpha value is -4.34. The van der Waals surface area contributed by atoms with E-state index >= 15 is 0 Å². The number of fused-ring (bicyclic) bond motifs is 1. The first kappa shape index (κ1) is 20.9. The van der Waals surface area contributed by atoms with Crippen molar-refractivity contribution < 1.29 is 14.4 Å². The van der Waals surface area contributed by atoms with E-state index in [1.54, 1.807) is 43.5 Å². The van der Waals surface area contributed by atoms with Crippen LogP contribution in [0, 0.1) is 6.92 Å². The number of imide groups is 1. The van der Waals surface area contributed by atoms with Crippen molar-refractivity contribution in [1.82, 2.24) is 25.2 Å². The van der Waals surface area contributed by atoms with Gasteiger partial charge in [-0.3, -0.25) is 19.3 Å². The average molecular weight is 431 g/mol. The van der Waals surface area contributed by atoms with E-state index in [9.17, 15) is 14.4 Å². The SMILES string of the molecule is Cc1nc(NCCNC(=O)CN2C(=O)c3ccccc3C2=O)cc(Nc2ccccn2)n1. The lowest BCUT2D eigenvalue weighted by Crippen LogP contribution is -2.41. The number of carbonyl (C=O) groups excluding carboxylic acids is 3. The second kappa shape index (κ2) is 9.21. The first-order valence-corrected chi connectivity index (χ1v) is 10.0. The molecule has 10 nitrogen and oxygen atoms in total. The summed E-state index contributed by atoms with van der Waals surface area (Å²) in [5.41, 5.74) is 0.641. The normalized spacial score (nSPS) is 12.5. The molecule has 0 unspecified atom stereocenters. The number of pyridine rings is 1. The van der Waals surface area contributed by atoms with E-state index in [0.29, 0.717) is 40.9 Å². The molecule has 0 fully saturated rings. The van der Waals surface area contributed by atoms with Gasteiger partial charge >= 0.3 is 0 Å². The van der Waals surface area contributed by atoms with Crippen molar-refractivity contribution in [3.05, 3.63) is 71.7 Å². The van der Waals surface area contributed by atoms with Crippen LogP contribution >= 0.6 is 0 Å². The fourth-order valence-corrected chi connectivity index (χ4v) is 3.26. The molecule has 1 aliphatic heterocycles. The summed E-state index contributed by atoms with van der Waals surface area (Å²) in [6.45, 7) is 2.14. The molecule has 4 rings (SSSR count). The van der Waals surface area contributed by atoms with Gasteiger partial charge in [-0.15, -0.1) is 0 Å². The number of anilines is 3. The number of nitrogens with zero attached hydrogens (tertiary/aromatic N) is 4. The Balaban J connectivity index is 1.26. The van der Waals surface area contributed by atoms with Crippen molar-refractivity contribution in [3.8, 4) is 0 Å². The van der Waals surface area contributed by atoms with E-state index in [1.807, 2.05) is 18.2 Å². The average Bonchev–Trinajstić information content (AvgIpc) is 3.02. The number of aryl methyl sites for hydroxylation is 1. The number of carbonyl (C=O) groups is 3. The minimum Gasteiger partial charge on any atom is -0.368 e. The second-order valence-corrected chi connectivity index (χ2v) is 7.04. The molecule has 3 N–H and O–H groups in total.